The standard InChI is InChI=1S/2C31H43Si.2CH3.2ClH.H2Si.Zr/c2*1-5-19-31(20-10-8-6-7-9-11-21-31)24-25-22-27-13-12-14-29(30(27)23-25)26-15-17-28(18-16-26)32(2,3)4;;;;;;/h2*12-18,22-23H,5-11,19-21,24H2,1-4H3;2*1H3;2*1H;1H2;. The molecule has 4 aliphatic carbocycles. The van der Waals surface area contributed by atoms with E-state index in [1.54, 1.807) is 32.6 Å². The Morgan fingerprint density at radius 2 is 0.786 bits per heavy atom. The zero-order valence-electron chi connectivity index (χ0n) is 46.0. The molecule has 6 heteroatoms. The van der Waals surface area contributed by atoms with E-state index < -0.39 is 33.5 Å². The Labute approximate surface area is 446 Å². The largest absolute Gasteiger partial charge is 0.147 e. The van der Waals surface area contributed by atoms with Crippen LogP contribution in [0.4, 0.5) is 0 Å². The number of hydrogen-bond acceptors (Lipinski definition) is 0. The Kier molecular flexibility index (Phi) is 19.4. The first-order valence-corrected chi connectivity index (χ1v) is 49.0. The van der Waals surface area contributed by atoms with Gasteiger partial charge in [0.2, 0.25) is 0 Å². The average Bonchev–Trinajstić information content (AvgIpc) is 3.91. The van der Waals surface area contributed by atoms with Crippen molar-refractivity contribution in [1.82, 2.24) is 0 Å². The van der Waals surface area contributed by atoms with Crippen molar-refractivity contribution in [3.8, 4) is 22.3 Å². The first-order chi connectivity index (χ1) is 32.4. The fourth-order valence-corrected chi connectivity index (χ4v) is 37.1. The third-order valence-electron chi connectivity index (χ3n) is 18.4. The number of allylic oxidation sites excluding steroid dienone is 2. The molecule has 0 nitrogen and oxygen atoms in total. The van der Waals surface area contributed by atoms with Crippen LogP contribution in [0.15, 0.2) is 96.1 Å². The first kappa shape index (κ1) is 57.7. The van der Waals surface area contributed by atoms with Gasteiger partial charge < -0.3 is 0 Å². The summed E-state index contributed by atoms with van der Waals surface area (Å²) in [5, 5.41) is 3.11. The van der Waals surface area contributed by atoms with Crippen LogP contribution < -0.4 is 10.4 Å². The van der Waals surface area contributed by atoms with Gasteiger partial charge in [0.25, 0.3) is 0 Å². The van der Waals surface area contributed by atoms with E-state index in [1.165, 1.54) is 164 Å². The summed E-state index contributed by atoms with van der Waals surface area (Å²) < 4.78 is 7.01. The van der Waals surface area contributed by atoms with Crippen LogP contribution in [0.3, 0.4) is 0 Å². The smallest absolute Gasteiger partial charge is 0.147 e. The van der Waals surface area contributed by atoms with Crippen LogP contribution in [0.25, 0.3) is 34.4 Å². The van der Waals surface area contributed by atoms with Gasteiger partial charge in [-0.3, -0.25) is 0 Å². The Morgan fingerprint density at radius 3 is 1.09 bits per heavy atom. The normalized spacial score (nSPS) is 20.9. The average molecular weight is 1110 g/mol. The van der Waals surface area contributed by atoms with Crippen LogP contribution in [0.1, 0.15) is 185 Å². The van der Waals surface area contributed by atoms with Gasteiger partial charge in [0.1, 0.15) is 0 Å². The molecular formula is C64H96Cl2Si3Zr. The summed E-state index contributed by atoms with van der Waals surface area (Å²) in [5.41, 5.74) is 16.7. The summed E-state index contributed by atoms with van der Waals surface area (Å²) >= 11 is -4.10. The van der Waals surface area contributed by atoms with Crippen molar-refractivity contribution in [3.05, 3.63) is 118 Å². The topological polar surface area (TPSA) is 0 Å². The maximum Gasteiger partial charge on any atom is -0.147 e. The van der Waals surface area contributed by atoms with Gasteiger partial charge in [-0.15, -0.1) is 24.8 Å². The van der Waals surface area contributed by atoms with Gasteiger partial charge in [0.15, 0.2) is 0 Å². The van der Waals surface area contributed by atoms with Gasteiger partial charge in [-0.25, -0.2) is 0 Å². The molecule has 0 spiro atoms. The predicted molar refractivity (Wildman–Crippen MR) is 324 cm³/mol. The van der Waals surface area contributed by atoms with Gasteiger partial charge in [-0.05, 0) is 0 Å². The third-order valence-corrected chi connectivity index (χ3v) is 40.0. The SMILES string of the molecule is CCCC1(CC2=Cc3c(-c4ccc([Si](C)(C)C)cc4)cccc3[CH]2[Zr]([CH3])([CH3])(=[SiH2])[CH]2C(CC3(CCC)CCCCCCCC3)=Cc3c(-c4ccc([Si](C)(C)C)cc4)cccc32)CCCCCCCC1.Cl.Cl. The van der Waals surface area contributed by atoms with Gasteiger partial charge in [0.05, 0.1) is 0 Å². The Balaban J connectivity index is 0.00000402. The van der Waals surface area contributed by atoms with E-state index in [-0.39, 0.29) is 24.8 Å². The molecule has 382 valence electrons. The molecule has 0 amide bonds. The number of halogens is 2. The van der Waals surface area contributed by atoms with Crippen LogP contribution in [0, 0.1) is 10.8 Å². The minimum atomic E-state index is -4.10. The zero-order valence-corrected chi connectivity index (χ0v) is 53.5. The molecule has 0 saturated heterocycles. The van der Waals surface area contributed by atoms with Crippen molar-refractivity contribution < 1.29 is 17.4 Å². The molecule has 0 radical (unpaired) electrons. The summed E-state index contributed by atoms with van der Waals surface area (Å²) in [5.74, 6) is 0. The minimum absolute atomic E-state index is 0. The molecule has 4 aromatic carbocycles. The summed E-state index contributed by atoms with van der Waals surface area (Å²) in [4.78, 5) is 0. The van der Waals surface area contributed by atoms with Crippen molar-refractivity contribution in [2.24, 2.45) is 10.8 Å². The summed E-state index contributed by atoms with van der Waals surface area (Å²) in [6.07, 6.45) is 36.3. The van der Waals surface area contributed by atoms with E-state index in [4.69, 9.17) is 0 Å². The molecule has 0 aromatic heterocycles. The van der Waals surface area contributed by atoms with Crippen molar-refractivity contribution in [2.75, 3.05) is 0 Å². The first-order valence-electron chi connectivity index (χ1n) is 28.3. The number of hydrogen-bond donors (Lipinski definition) is 0. The number of fused-ring (bicyclic) bond motifs is 2. The summed E-state index contributed by atoms with van der Waals surface area (Å²) in [7, 11) is -2.83. The Morgan fingerprint density at radius 1 is 0.471 bits per heavy atom. The molecule has 4 aromatic rings. The monoisotopic (exact) mass is 1110 g/mol. The second-order valence-electron chi connectivity index (χ2n) is 26.6. The fraction of sp³-hybridized carbons (Fsp3) is 0.562. The summed E-state index contributed by atoms with van der Waals surface area (Å²) in [6, 6.07) is 35.0. The van der Waals surface area contributed by atoms with Crippen LogP contribution in [-0.2, 0) is 17.4 Å². The molecule has 70 heavy (non-hydrogen) atoms. The van der Waals surface area contributed by atoms with E-state index in [0.717, 1.165) is 0 Å². The van der Waals surface area contributed by atoms with Crippen LogP contribution >= 0.6 is 24.8 Å². The molecule has 2 unspecified atom stereocenters. The number of rotatable bonds is 14. The van der Waals surface area contributed by atoms with Crippen molar-refractivity contribution in [1.29, 1.82) is 0 Å². The Hall–Kier alpha value is -1.53. The summed E-state index contributed by atoms with van der Waals surface area (Å²) in [6.45, 7) is 22.5. The second kappa shape index (κ2) is 23.6. The second-order valence-corrected chi connectivity index (χ2v) is 67.2. The minimum Gasteiger partial charge on any atom is -0.147 e. The van der Waals surface area contributed by atoms with E-state index in [2.05, 4.69) is 166 Å². The molecular weight excluding hydrogens is 1020 g/mol. The van der Waals surface area contributed by atoms with E-state index in [1.807, 2.05) is 11.1 Å². The van der Waals surface area contributed by atoms with Gasteiger partial charge >= 0.3 is 425 Å². The fourth-order valence-electron chi connectivity index (χ4n) is 15.1. The predicted octanol–water partition coefficient (Wildman–Crippen LogP) is 19.5. The molecule has 0 aliphatic heterocycles. The molecule has 0 heterocycles. The molecule has 0 N–H and O–H groups in total. The van der Waals surface area contributed by atoms with E-state index in [9.17, 15) is 0 Å². The molecule has 0 bridgehead atoms. The molecule has 2 saturated carbocycles. The molecule has 8 rings (SSSR count). The Bertz CT molecular complexity index is 2320. The maximum absolute atomic E-state index is 4.10. The van der Waals surface area contributed by atoms with Crippen LogP contribution in [0.5, 0.6) is 0 Å². The third kappa shape index (κ3) is 12.6. The maximum atomic E-state index is 2.98. The quantitative estimate of drug-likeness (QED) is 0.110. The van der Waals surface area contributed by atoms with E-state index >= 15 is 0 Å². The molecule has 2 fully saturated rings. The van der Waals surface area contributed by atoms with Crippen LogP contribution in [0.2, 0.25) is 48.5 Å². The van der Waals surface area contributed by atoms with Crippen molar-refractivity contribution >= 4 is 70.4 Å². The van der Waals surface area contributed by atoms with Gasteiger partial charge in [-0.1, -0.05) is 0 Å². The van der Waals surface area contributed by atoms with Gasteiger partial charge in [-0.2, -0.15) is 0 Å². The molecule has 2 atom stereocenters. The zero-order chi connectivity index (χ0) is 48.4. The van der Waals surface area contributed by atoms with Gasteiger partial charge in [0, 0.05) is 0 Å². The number of benzene rings is 4. The molecule has 4 aliphatic rings. The van der Waals surface area contributed by atoms with Crippen LogP contribution in [-0.4, -0.2) is 23.0 Å². The van der Waals surface area contributed by atoms with Crippen molar-refractivity contribution in [2.45, 2.75) is 211 Å². The van der Waals surface area contributed by atoms with E-state index in [0.29, 0.717) is 18.1 Å². The van der Waals surface area contributed by atoms with Crippen molar-refractivity contribution in [3.63, 3.8) is 0 Å².